The molecule has 1 saturated heterocycles. The lowest BCUT2D eigenvalue weighted by atomic mass is 9.82. The smallest absolute Gasteiger partial charge is 0.322 e. The largest absolute Gasteiger partial charge is 0.324 e. The number of carbonyl (C=O) groups excluding carboxylic acids is 2. The first-order valence-electron chi connectivity index (χ1n) is 6.24. The summed E-state index contributed by atoms with van der Waals surface area (Å²) in [6.45, 7) is 1.82. The van der Waals surface area contributed by atoms with Crippen LogP contribution in [-0.4, -0.2) is 17.5 Å². The molecule has 3 amide bonds. The van der Waals surface area contributed by atoms with E-state index in [1.165, 1.54) is 32.1 Å². The monoisotopic (exact) mass is 224 g/mol. The highest BCUT2D eigenvalue weighted by atomic mass is 16.2. The SMILES string of the molecule is CC1(CCC2CCCCC2)NC(=O)NC1=O. The van der Waals surface area contributed by atoms with E-state index in [1.54, 1.807) is 0 Å². The van der Waals surface area contributed by atoms with Crippen molar-refractivity contribution in [2.45, 2.75) is 57.4 Å². The quantitative estimate of drug-likeness (QED) is 0.720. The van der Waals surface area contributed by atoms with Gasteiger partial charge in [-0.15, -0.1) is 0 Å². The van der Waals surface area contributed by atoms with Crippen molar-refractivity contribution in [3.8, 4) is 0 Å². The molecule has 0 bridgehead atoms. The number of hydrogen-bond donors (Lipinski definition) is 2. The van der Waals surface area contributed by atoms with Crippen molar-refractivity contribution in [2.24, 2.45) is 5.92 Å². The van der Waals surface area contributed by atoms with Crippen molar-refractivity contribution in [3.63, 3.8) is 0 Å². The molecule has 1 atom stereocenters. The van der Waals surface area contributed by atoms with Gasteiger partial charge < -0.3 is 5.32 Å². The second kappa shape index (κ2) is 4.44. The van der Waals surface area contributed by atoms with Gasteiger partial charge in [0, 0.05) is 0 Å². The van der Waals surface area contributed by atoms with Gasteiger partial charge in [-0.1, -0.05) is 32.1 Å². The maximum Gasteiger partial charge on any atom is 0.322 e. The Balaban J connectivity index is 1.84. The minimum atomic E-state index is -0.672. The molecule has 0 aromatic rings. The molecule has 2 aliphatic rings. The number of carbonyl (C=O) groups is 2. The van der Waals surface area contributed by atoms with Crippen LogP contribution in [-0.2, 0) is 4.79 Å². The summed E-state index contributed by atoms with van der Waals surface area (Å²) in [6, 6.07) is -0.351. The van der Waals surface area contributed by atoms with Gasteiger partial charge in [-0.3, -0.25) is 10.1 Å². The number of urea groups is 1. The highest BCUT2D eigenvalue weighted by Gasteiger charge is 2.41. The van der Waals surface area contributed by atoms with Crippen LogP contribution in [0.3, 0.4) is 0 Å². The Kier molecular flexibility index (Phi) is 3.17. The Morgan fingerprint density at radius 3 is 2.50 bits per heavy atom. The first-order valence-corrected chi connectivity index (χ1v) is 6.24. The summed E-state index contributed by atoms with van der Waals surface area (Å²) >= 11 is 0. The van der Waals surface area contributed by atoms with E-state index in [0.29, 0.717) is 0 Å². The predicted molar refractivity (Wildman–Crippen MR) is 60.9 cm³/mol. The second-order valence-electron chi connectivity index (χ2n) is 5.28. The summed E-state index contributed by atoms with van der Waals surface area (Å²) in [4.78, 5) is 22.7. The summed E-state index contributed by atoms with van der Waals surface area (Å²) in [6.07, 6.45) is 8.36. The molecule has 1 unspecified atom stereocenters. The molecule has 16 heavy (non-hydrogen) atoms. The summed E-state index contributed by atoms with van der Waals surface area (Å²) in [5.41, 5.74) is -0.672. The van der Waals surface area contributed by atoms with Gasteiger partial charge in [-0.25, -0.2) is 4.79 Å². The van der Waals surface area contributed by atoms with E-state index < -0.39 is 5.54 Å². The van der Waals surface area contributed by atoms with Gasteiger partial charge in [0.2, 0.25) is 0 Å². The van der Waals surface area contributed by atoms with Crippen LogP contribution in [0.5, 0.6) is 0 Å². The van der Waals surface area contributed by atoms with E-state index in [9.17, 15) is 9.59 Å². The van der Waals surface area contributed by atoms with E-state index in [1.807, 2.05) is 6.92 Å². The molecule has 2 fully saturated rings. The predicted octanol–water partition coefficient (Wildman–Crippen LogP) is 1.94. The van der Waals surface area contributed by atoms with Crippen LogP contribution in [0.2, 0.25) is 0 Å². The molecule has 4 heteroatoms. The van der Waals surface area contributed by atoms with Crippen molar-refractivity contribution >= 4 is 11.9 Å². The molecule has 4 nitrogen and oxygen atoms in total. The lowest BCUT2D eigenvalue weighted by molar-refractivity contribution is -0.123. The van der Waals surface area contributed by atoms with Crippen LogP contribution in [0.1, 0.15) is 51.9 Å². The maximum atomic E-state index is 11.6. The molecular weight excluding hydrogens is 204 g/mol. The second-order valence-corrected chi connectivity index (χ2v) is 5.28. The molecule has 0 radical (unpaired) electrons. The van der Waals surface area contributed by atoms with Gasteiger partial charge in [-0.05, 0) is 25.7 Å². The van der Waals surface area contributed by atoms with Crippen LogP contribution < -0.4 is 10.6 Å². The lowest BCUT2D eigenvalue weighted by Gasteiger charge is -2.26. The normalized spacial score (nSPS) is 31.3. The van der Waals surface area contributed by atoms with Gasteiger partial charge in [0.1, 0.15) is 5.54 Å². The Bertz CT molecular complexity index is 297. The molecule has 1 saturated carbocycles. The molecule has 1 aliphatic heterocycles. The number of rotatable bonds is 3. The Morgan fingerprint density at radius 2 is 1.94 bits per heavy atom. The highest BCUT2D eigenvalue weighted by Crippen LogP contribution is 2.30. The zero-order valence-corrected chi connectivity index (χ0v) is 9.84. The Hall–Kier alpha value is -1.06. The molecule has 1 aliphatic carbocycles. The number of imide groups is 1. The Labute approximate surface area is 96.2 Å². The van der Waals surface area contributed by atoms with Crippen molar-refractivity contribution in [1.82, 2.24) is 10.6 Å². The summed E-state index contributed by atoms with van der Waals surface area (Å²) in [7, 11) is 0. The van der Waals surface area contributed by atoms with Gasteiger partial charge in [-0.2, -0.15) is 0 Å². The number of nitrogens with one attached hydrogen (secondary N) is 2. The molecule has 90 valence electrons. The zero-order valence-electron chi connectivity index (χ0n) is 9.84. The zero-order chi connectivity index (χ0) is 11.6. The van der Waals surface area contributed by atoms with E-state index >= 15 is 0 Å². The van der Waals surface area contributed by atoms with E-state index in [0.717, 1.165) is 18.8 Å². The summed E-state index contributed by atoms with van der Waals surface area (Å²) in [5, 5.41) is 5.03. The van der Waals surface area contributed by atoms with Crippen molar-refractivity contribution in [2.75, 3.05) is 0 Å². The van der Waals surface area contributed by atoms with Crippen LogP contribution in [0, 0.1) is 5.92 Å². The molecule has 2 rings (SSSR count). The van der Waals surface area contributed by atoms with Gasteiger partial charge in [0.15, 0.2) is 0 Å². The van der Waals surface area contributed by atoms with Crippen LogP contribution in [0.4, 0.5) is 4.79 Å². The Morgan fingerprint density at radius 1 is 1.25 bits per heavy atom. The van der Waals surface area contributed by atoms with E-state index in [4.69, 9.17) is 0 Å². The number of hydrogen-bond acceptors (Lipinski definition) is 2. The third kappa shape index (κ3) is 2.36. The fourth-order valence-corrected chi connectivity index (χ4v) is 2.72. The first kappa shape index (κ1) is 11.4. The van der Waals surface area contributed by atoms with Crippen LogP contribution in [0.15, 0.2) is 0 Å². The minimum absolute atomic E-state index is 0.173. The highest BCUT2D eigenvalue weighted by molar-refractivity contribution is 6.06. The van der Waals surface area contributed by atoms with Crippen molar-refractivity contribution < 1.29 is 9.59 Å². The lowest BCUT2D eigenvalue weighted by Crippen LogP contribution is -2.43. The average molecular weight is 224 g/mol. The fourth-order valence-electron chi connectivity index (χ4n) is 2.72. The van der Waals surface area contributed by atoms with Gasteiger partial charge >= 0.3 is 6.03 Å². The third-order valence-corrected chi connectivity index (χ3v) is 3.89. The average Bonchev–Trinajstić information content (AvgIpc) is 2.52. The summed E-state index contributed by atoms with van der Waals surface area (Å²) in [5.74, 6) is 0.573. The van der Waals surface area contributed by atoms with Gasteiger partial charge in [0.05, 0.1) is 0 Å². The summed E-state index contributed by atoms with van der Waals surface area (Å²) < 4.78 is 0. The van der Waals surface area contributed by atoms with Crippen molar-refractivity contribution in [3.05, 3.63) is 0 Å². The first-order chi connectivity index (χ1) is 7.60. The van der Waals surface area contributed by atoms with Crippen LogP contribution in [0.25, 0.3) is 0 Å². The molecule has 2 N–H and O–H groups in total. The minimum Gasteiger partial charge on any atom is -0.324 e. The molecule has 0 spiro atoms. The van der Waals surface area contributed by atoms with E-state index in [-0.39, 0.29) is 11.9 Å². The van der Waals surface area contributed by atoms with Crippen molar-refractivity contribution in [1.29, 1.82) is 0 Å². The number of amides is 3. The molecule has 1 heterocycles. The van der Waals surface area contributed by atoms with E-state index in [2.05, 4.69) is 10.6 Å². The maximum absolute atomic E-state index is 11.6. The van der Waals surface area contributed by atoms with Crippen LogP contribution >= 0.6 is 0 Å². The molecular formula is C12H20N2O2. The molecule has 0 aromatic heterocycles. The van der Waals surface area contributed by atoms with Gasteiger partial charge in [0.25, 0.3) is 5.91 Å². The molecule has 0 aromatic carbocycles. The fraction of sp³-hybridized carbons (Fsp3) is 0.833. The standard InChI is InChI=1S/C12H20N2O2/c1-12(10(15)13-11(16)14-12)8-7-9-5-3-2-4-6-9/h9H,2-8H2,1H3,(H2,13,14,15,16). The third-order valence-electron chi connectivity index (χ3n) is 3.89. The topological polar surface area (TPSA) is 58.2 Å².